The maximum atomic E-state index is 4.39. The Morgan fingerprint density at radius 3 is 2.79 bits per heavy atom. The minimum Gasteiger partial charge on any atom is -0.265 e. The van der Waals surface area contributed by atoms with Crippen LogP contribution in [0.2, 0.25) is 0 Å². The van der Waals surface area contributed by atoms with Crippen molar-refractivity contribution in [3.05, 3.63) is 53.2 Å². The molecule has 0 saturated carbocycles. The van der Waals surface area contributed by atoms with Crippen LogP contribution in [0, 0.1) is 5.92 Å². The van der Waals surface area contributed by atoms with Crippen molar-refractivity contribution in [1.29, 1.82) is 0 Å². The van der Waals surface area contributed by atoms with Crippen LogP contribution >= 0.6 is 0 Å². The Hall–Kier alpha value is -1.63. The van der Waals surface area contributed by atoms with Crippen molar-refractivity contribution in [1.82, 2.24) is 0 Å². The van der Waals surface area contributed by atoms with E-state index in [9.17, 15) is 0 Å². The normalized spacial score (nSPS) is 22.0. The Labute approximate surface area is 115 Å². The first kappa shape index (κ1) is 12.4. The van der Waals surface area contributed by atoms with Gasteiger partial charge in [0.1, 0.15) is 0 Å². The maximum Gasteiger partial charge on any atom is 0.0309 e. The molecular weight excluding hydrogens is 230 g/mol. The lowest BCUT2D eigenvalue weighted by Crippen LogP contribution is -2.16. The van der Waals surface area contributed by atoms with Crippen molar-refractivity contribution in [3.8, 4) is 0 Å². The number of hydrogen-bond acceptors (Lipinski definition) is 1. The number of allylic oxidation sites excluding steroid dienone is 2. The van der Waals surface area contributed by atoms with Gasteiger partial charge in [-0.3, -0.25) is 4.99 Å². The standard InChI is InChI=1S/C18H21N/c1-4-14-9-17-10-16(18-8-13(3)19-11-18)6-5-15(17)7-12(14)2/h5-6,10-11,14H,2,4,7-9H2,1,3H3. The number of nitrogens with zero attached hydrogens (tertiary/aromatic N) is 1. The fourth-order valence-electron chi connectivity index (χ4n) is 3.15. The second-order valence-electron chi connectivity index (χ2n) is 5.82. The zero-order chi connectivity index (χ0) is 13.4. The molecule has 1 heteroatoms. The topological polar surface area (TPSA) is 12.4 Å². The molecule has 19 heavy (non-hydrogen) atoms. The van der Waals surface area contributed by atoms with Gasteiger partial charge >= 0.3 is 0 Å². The number of fused-ring (bicyclic) bond motifs is 1. The molecule has 0 fully saturated rings. The number of rotatable bonds is 2. The van der Waals surface area contributed by atoms with Crippen LogP contribution in [0.5, 0.6) is 0 Å². The average molecular weight is 251 g/mol. The van der Waals surface area contributed by atoms with E-state index >= 15 is 0 Å². The van der Waals surface area contributed by atoms with Crippen molar-refractivity contribution in [3.63, 3.8) is 0 Å². The highest BCUT2D eigenvalue weighted by Crippen LogP contribution is 2.33. The molecule has 0 bridgehead atoms. The van der Waals surface area contributed by atoms with Crippen LogP contribution in [0.3, 0.4) is 0 Å². The van der Waals surface area contributed by atoms with E-state index in [1.165, 1.54) is 40.0 Å². The summed E-state index contributed by atoms with van der Waals surface area (Å²) >= 11 is 0. The van der Waals surface area contributed by atoms with Gasteiger partial charge in [-0.15, -0.1) is 0 Å². The molecule has 0 saturated heterocycles. The quantitative estimate of drug-likeness (QED) is 0.683. The van der Waals surface area contributed by atoms with Crippen molar-refractivity contribution >= 4 is 11.3 Å². The third-order valence-electron chi connectivity index (χ3n) is 4.42. The molecule has 2 aliphatic rings. The van der Waals surface area contributed by atoms with Crippen LogP contribution in [-0.4, -0.2) is 5.71 Å². The first-order valence-electron chi connectivity index (χ1n) is 7.19. The Morgan fingerprint density at radius 2 is 2.11 bits per heavy atom. The molecule has 1 aliphatic heterocycles. The summed E-state index contributed by atoms with van der Waals surface area (Å²) in [4.78, 5) is 4.39. The number of hydrogen-bond donors (Lipinski definition) is 0. The van der Waals surface area contributed by atoms with Crippen LogP contribution < -0.4 is 0 Å². The van der Waals surface area contributed by atoms with E-state index in [1.54, 1.807) is 0 Å². The SMILES string of the molecule is C=C1Cc2ccc(C3=CN=C(C)C3)cc2CC1CC. The molecule has 1 heterocycles. The van der Waals surface area contributed by atoms with Crippen LogP contribution in [0.1, 0.15) is 43.4 Å². The fourth-order valence-corrected chi connectivity index (χ4v) is 3.15. The van der Waals surface area contributed by atoms with Crippen molar-refractivity contribution in [2.24, 2.45) is 10.9 Å². The molecule has 1 aromatic rings. The van der Waals surface area contributed by atoms with E-state index < -0.39 is 0 Å². The summed E-state index contributed by atoms with van der Waals surface area (Å²) in [5, 5.41) is 0. The van der Waals surface area contributed by atoms with E-state index in [2.05, 4.69) is 43.6 Å². The molecule has 0 N–H and O–H groups in total. The first-order valence-corrected chi connectivity index (χ1v) is 7.19. The van der Waals surface area contributed by atoms with Gasteiger partial charge in [0.05, 0.1) is 0 Å². The summed E-state index contributed by atoms with van der Waals surface area (Å²) in [5.41, 5.74) is 8.31. The van der Waals surface area contributed by atoms with Crippen molar-refractivity contribution in [2.75, 3.05) is 0 Å². The highest BCUT2D eigenvalue weighted by Gasteiger charge is 2.21. The Kier molecular flexibility index (Phi) is 3.14. The van der Waals surface area contributed by atoms with E-state index in [4.69, 9.17) is 0 Å². The van der Waals surface area contributed by atoms with Gasteiger partial charge in [0.2, 0.25) is 0 Å². The van der Waals surface area contributed by atoms with Gasteiger partial charge < -0.3 is 0 Å². The molecular formula is C18H21N. The molecule has 0 spiro atoms. The van der Waals surface area contributed by atoms with E-state index in [-0.39, 0.29) is 0 Å². The predicted octanol–water partition coefficient (Wildman–Crippen LogP) is 4.57. The lowest BCUT2D eigenvalue weighted by atomic mass is 9.78. The lowest BCUT2D eigenvalue weighted by Gasteiger charge is -2.26. The third kappa shape index (κ3) is 2.30. The lowest BCUT2D eigenvalue weighted by molar-refractivity contribution is 0.555. The smallest absolute Gasteiger partial charge is 0.0309 e. The predicted molar refractivity (Wildman–Crippen MR) is 82.5 cm³/mol. The summed E-state index contributed by atoms with van der Waals surface area (Å²) < 4.78 is 0. The minimum absolute atomic E-state index is 0.665. The highest BCUT2D eigenvalue weighted by atomic mass is 14.7. The molecule has 1 unspecified atom stereocenters. The molecule has 98 valence electrons. The number of aliphatic imine (C=N–C) groups is 1. The van der Waals surface area contributed by atoms with E-state index in [0.29, 0.717) is 5.92 Å². The summed E-state index contributed by atoms with van der Waals surface area (Å²) in [6.07, 6.45) is 6.44. The fraction of sp³-hybridized carbons (Fsp3) is 0.389. The summed E-state index contributed by atoms with van der Waals surface area (Å²) in [6, 6.07) is 6.92. The Morgan fingerprint density at radius 1 is 1.26 bits per heavy atom. The number of benzene rings is 1. The van der Waals surface area contributed by atoms with Crippen LogP contribution in [0.4, 0.5) is 0 Å². The van der Waals surface area contributed by atoms with Crippen LogP contribution in [0.15, 0.2) is 41.5 Å². The molecule has 0 amide bonds. The van der Waals surface area contributed by atoms with Gasteiger partial charge in [-0.2, -0.15) is 0 Å². The largest absolute Gasteiger partial charge is 0.265 e. The molecule has 1 aromatic carbocycles. The van der Waals surface area contributed by atoms with Crippen molar-refractivity contribution in [2.45, 2.75) is 39.5 Å². The van der Waals surface area contributed by atoms with Gasteiger partial charge in [0.15, 0.2) is 0 Å². The van der Waals surface area contributed by atoms with Gasteiger partial charge in [0.25, 0.3) is 0 Å². The summed E-state index contributed by atoms with van der Waals surface area (Å²) in [6.45, 7) is 8.61. The van der Waals surface area contributed by atoms with E-state index in [1.807, 2.05) is 6.20 Å². The molecule has 3 rings (SSSR count). The van der Waals surface area contributed by atoms with Crippen LogP contribution in [0.25, 0.3) is 5.57 Å². The van der Waals surface area contributed by atoms with Gasteiger partial charge in [-0.05, 0) is 54.4 Å². The third-order valence-corrected chi connectivity index (χ3v) is 4.42. The average Bonchev–Trinajstić information content (AvgIpc) is 2.84. The van der Waals surface area contributed by atoms with E-state index in [0.717, 1.165) is 19.3 Å². The van der Waals surface area contributed by atoms with Gasteiger partial charge in [0, 0.05) is 18.3 Å². The summed E-state index contributed by atoms with van der Waals surface area (Å²) in [5.74, 6) is 0.665. The molecule has 1 atom stereocenters. The maximum absolute atomic E-state index is 4.39. The zero-order valence-corrected chi connectivity index (χ0v) is 11.9. The monoisotopic (exact) mass is 251 g/mol. The van der Waals surface area contributed by atoms with Crippen molar-refractivity contribution < 1.29 is 0 Å². The molecule has 1 aliphatic carbocycles. The second-order valence-corrected chi connectivity index (χ2v) is 5.82. The molecule has 0 radical (unpaired) electrons. The Bertz CT molecular complexity index is 590. The van der Waals surface area contributed by atoms with Crippen LogP contribution in [-0.2, 0) is 12.8 Å². The molecule has 1 nitrogen and oxygen atoms in total. The zero-order valence-electron chi connectivity index (χ0n) is 11.9. The molecule has 0 aromatic heterocycles. The first-order chi connectivity index (χ1) is 9.17. The van der Waals surface area contributed by atoms with Gasteiger partial charge in [-0.1, -0.05) is 37.3 Å². The second kappa shape index (κ2) is 4.80. The summed E-state index contributed by atoms with van der Waals surface area (Å²) in [7, 11) is 0. The minimum atomic E-state index is 0.665. The van der Waals surface area contributed by atoms with Gasteiger partial charge in [-0.25, -0.2) is 0 Å². The highest BCUT2D eigenvalue weighted by molar-refractivity contribution is 5.96. The Balaban J connectivity index is 1.90.